The topological polar surface area (TPSA) is 29.5 Å². The summed E-state index contributed by atoms with van der Waals surface area (Å²) >= 11 is 5.71. The highest BCUT2D eigenvalue weighted by molar-refractivity contribution is 6.30. The Morgan fingerprint density at radius 3 is 2.14 bits per heavy atom. The van der Waals surface area contributed by atoms with Gasteiger partial charge < -0.3 is 9.64 Å². The normalized spacial score (nSPS) is 12.1. The Kier molecular flexibility index (Phi) is 6.11. The van der Waals surface area contributed by atoms with E-state index in [2.05, 4.69) is 0 Å². The minimum Gasteiger partial charge on any atom is -0.484 e. The maximum absolute atomic E-state index is 12.6. The molecule has 0 bridgehead atoms. The van der Waals surface area contributed by atoms with E-state index < -0.39 is 30.7 Å². The standard InChI is InChI=1S/C15H19ClF3NO2/c1-14(2,3)9-20(10-15(17,18)19)13(21)8-22-12-6-4-11(16)5-7-12/h4-7H,8-10H2,1-3H3. The van der Waals surface area contributed by atoms with E-state index in [9.17, 15) is 18.0 Å². The highest BCUT2D eigenvalue weighted by atomic mass is 35.5. The number of nitrogens with zero attached hydrogens (tertiary/aromatic N) is 1. The molecular formula is C15H19ClF3NO2. The second-order valence-corrected chi connectivity index (χ2v) is 6.60. The summed E-state index contributed by atoms with van der Waals surface area (Å²) < 4.78 is 43.0. The molecule has 1 aromatic carbocycles. The van der Waals surface area contributed by atoms with E-state index in [1.54, 1.807) is 45.0 Å². The van der Waals surface area contributed by atoms with Crippen molar-refractivity contribution in [3.05, 3.63) is 29.3 Å². The molecule has 0 N–H and O–H groups in total. The molecule has 1 rings (SSSR count). The predicted octanol–water partition coefficient (Wildman–Crippen LogP) is 4.16. The molecule has 0 saturated carbocycles. The fourth-order valence-electron chi connectivity index (χ4n) is 1.79. The summed E-state index contributed by atoms with van der Waals surface area (Å²) in [5, 5.41) is 0.505. The van der Waals surface area contributed by atoms with Gasteiger partial charge in [0.05, 0.1) is 0 Å². The van der Waals surface area contributed by atoms with Gasteiger partial charge >= 0.3 is 6.18 Å². The Bertz CT molecular complexity index is 479. The van der Waals surface area contributed by atoms with Gasteiger partial charge in [-0.3, -0.25) is 4.79 Å². The van der Waals surface area contributed by atoms with Crippen molar-refractivity contribution in [2.75, 3.05) is 19.7 Å². The molecule has 0 atom stereocenters. The number of rotatable bonds is 5. The highest BCUT2D eigenvalue weighted by Gasteiger charge is 2.34. The van der Waals surface area contributed by atoms with Crippen LogP contribution in [0.4, 0.5) is 13.2 Å². The molecule has 3 nitrogen and oxygen atoms in total. The van der Waals surface area contributed by atoms with Crippen LogP contribution in [-0.4, -0.2) is 36.7 Å². The van der Waals surface area contributed by atoms with Crippen LogP contribution in [0.5, 0.6) is 5.75 Å². The monoisotopic (exact) mass is 337 g/mol. The molecule has 0 aromatic heterocycles. The van der Waals surface area contributed by atoms with Gasteiger partial charge in [-0.15, -0.1) is 0 Å². The summed E-state index contributed by atoms with van der Waals surface area (Å²) in [4.78, 5) is 12.8. The number of halogens is 4. The van der Waals surface area contributed by atoms with Crippen LogP contribution in [0.3, 0.4) is 0 Å². The van der Waals surface area contributed by atoms with Gasteiger partial charge in [-0.1, -0.05) is 32.4 Å². The van der Waals surface area contributed by atoms with E-state index in [1.807, 2.05) is 0 Å². The second-order valence-electron chi connectivity index (χ2n) is 6.17. The largest absolute Gasteiger partial charge is 0.484 e. The van der Waals surface area contributed by atoms with Gasteiger partial charge in [0.15, 0.2) is 6.61 Å². The number of benzene rings is 1. The van der Waals surface area contributed by atoms with Crippen LogP contribution >= 0.6 is 11.6 Å². The van der Waals surface area contributed by atoms with Gasteiger partial charge in [0, 0.05) is 11.6 Å². The number of alkyl halides is 3. The maximum atomic E-state index is 12.6. The third-order valence-corrected chi connectivity index (χ3v) is 2.82. The Balaban J connectivity index is 2.68. The first-order valence-electron chi connectivity index (χ1n) is 6.69. The van der Waals surface area contributed by atoms with Crippen molar-refractivity contribution >= 4 is 17.5 Å². The molecule has 1 amide bonds. The second kappa shape index (κ2) is 7.22. The lowest BCUT2D eigenvalue weighted by molar-refractivity contribution is -0.164. The summed E-state index contributed by atoms with van der Waals surface area (Å²) in [7, 11) is 0. The maximum Gasteiger partial charge on any atom is 0.406 e. The van der Waals surface area contributed by atoms with Crippen LogP contribution in [-0.2, 0) is 4.79 Å². The molecule has 0 fully saturated rings. The Hall–Kier alpha value is -1.43. The summed E-state index contributed by atoms with van der Waals surface area (Å²) in [5.74, 6) is -0.331. The van der Waals surface area contributed by atoms with Crippen molar-refractivity contribution in [3.63, 3.8) is 0 Å². The van der Waals surface area contributed by atoms with Crippen molar-refractivity contribution in [2.45, 2.75) is 26.9 Å². The van der Waals surface area contributed by atoms with Crippen LogP contribution in [0.25, 0.3) is 0 Å². The fourth-order valence-corrected chi connectivity index (χ4v) is 1.91. The van der Waals surface area contributed by atoms with E-state index in [0.29, 0.717) is 10.8 Å². The van der Waals surface area contributed by atoms with Crippen LogP contribution in [0.1, 0.15) is 20.8 Å². The van der Waals surface area contributed by atoms with Crippen LogP contribution < -0.4 is 4.74 Å². The minimum atomic E-state index is -4.44. The number of carbonyl (C=O) groups is 1. The smallest absolute Gasteiger partial charge is 0.406 e. The molecule has 0 spiro atoms. The van der Waals surface area contributed by atoms with E-state index >= 15 is 0 Å². The first-order valence-corrected chi connectivity index (χ1v) is 7.07. The Morgan fingerprint density at radius 2 is 1.68 bits per heavy atom. The van der Waals surface area contributed by atoms with Crippen LogP contribution in [0.15, 0.2) is 24.3 Å². The summed E-state index contributed by atoms with van der Waals surface area (Å²) in [5.41, 5.74) is -0.443. The van der Waals surface area contributed by atoms with Crippen molar-refractivity contribution in [1.29, 1.82) is 0 Å². The first-order chi connectivity index (χ1) is 9.96. The highest BCUT2D eigenvalue weighted by Crippen LogP contribution is 2.22. The lowest BCUT2D eigenvalue weighted by atomic mass is 9.96. The summed E-state index contributed by atoms with van der Waals surface area (Å²) in [6, 6.07) is 6.24. The van der Waals surface area contributed by atoms with E-state index in [-0.39, 0.29) is 6.54 Å². The van der Waals surface area contributed by atoms with Gasteiger partial charge in [-0.05, 0) is 29.7 Å². The zero-order chi connectivity index (χ0) is 17.0. The zero-order valence-electron chi connectivity index (χ0n) is 12.7. The van der Waals surface area contributed by atoms with Gasteiger partial charge in [0.25, 0.3) is 5.91 Å². The molecule has 0 saturated heterocycles. The third kappa shape index (κ3) is 7.54. The van der Waals surface area contributed by atoms with E-state index in [4.69, 9.17) is 16.3 Å². The molecule has 0 radical (unpaired) electrons. The molecule has 0 unspecified atom stereocenters. The zero-order valence-corrected chi connectivity index (χ0v) is 13.5. The number of amides is 1. The van der Waals surface area contributed by atoms with Gasteiger partial charge in [-0.2, -0.15) is 13.2 Å². The van der Waals surface area contributed by atoms with Crippen molar-refractivity contribution in [1.82, 2.24) is 4.90 Å². The number of hydrogen-bond acceptors (Lipinski definition) is 2. The minimum absolute atomic E-state index is 0.00464. The average Bonchev–Trinajstić information content (AvgIpc) is 2.33. The van der Waals surface area contributed by atoms with Gasteiger partial charge in [-0.25, -0.2) is 0 Å². The summed E-state index contributed by atoms with van der Waals surface area (Å²) in [6.07, 6.45) is -4.44. The first kappa shape index (κ1) is 18.6. The van der Waals surface area contributed by atoms with Crippen LogP contribution in [0, 0.1) is 5.41 Å². The number of carbonyl (C=O) groups excluding carboxylic acids is 1. The Labute approximate surface area is 133 Å². The molecule has 0 aliphatic rings. The van der Waals surface area contributed by atoms with Crippen molar-refractivity contribution < 1.29 is 22.7 Å². The molecule has 1 aromatic rings. The van der Waals surface area contributed by atoms with Crippen LogP contribution in [0.2, 0.25) is 5.02 Å². The number of ether oxygens (including phenoxy) is 1. The summed E-state index contributed by atoms with van der Waals surface area (Å²) in [6.45, 7) is 3.56. The quantitative estimate of drug-likeness (QED) is 0.807. The molecular weight excluding hydrogens is 319 g/mol. The fraction of sp³-hybridized carbons (Fsp3) is 0.533. The molecule has 7 heteroatoms. The SMILES string of the molecule is CC(C)(C)CN(CC(F)(F)F)C(=O)COc1ccc(Cl)cc1. The molecule has 0 heterocycles. The third-order valence-electron chi connectivity index (χ3n) is 2.56. The van der Waals surface area contributed by atoms with E-state index in [1.165, 1.54) is 0 Å². The molecule has 0 aliphatic heterocycles. The average molecular weight is 338 g/mol. The Morgan fingerprint density at radius 1 is 1.14 bits per heavy atom. The molecule has 22 heavy (non-hydrogen) atoms. The molecule has 0 aliphatic carbocycles. The molecule has 124 valence electrons. The van der Waals surface area contributed by atoms with Crippen molar-refractivity contribution in [2.24, 2.45) is 5.41 Å². The predicted molar refractivity (Wildman–Crippen MR) is 79.0 cm³/mol. The number of hydrogen-bond donors (Lipinski definition) is 0. The van der Waals surface area contributed by atoms with Gasteiger partial charge in [0.2, 0.25) is 0 Å². The lowest BCUT2D eigenvalue weighted by Gasteiger charge is -2.30. The lowest BCUT2D eigenvalue weighted by Crippen LogP contribution is -2.45. The van der Waals surface area contributed by atoms with Gasteiger partial charge in [0.1, 0.15) is 12.3 Å². The van der Waals surface area contributed by atoms with Crippen molar-refractivity contribution in [3.8, 4) is 5.75 Å². The van der Waals surface area contributed by atoms with E-state index in [0.717, 1.165) is 4.90 Å².